The molecule has 4 aromatic rings. The van der Waals surface area contributed by atoms with Crippen molar-refractivity contribution in [3.63, 3.8) is 0 Å². The van der Waals surface area contributed by atoms with E-state index < -0.39 is 29.3 Å². The Morgan fingerprint density at radius 2 is 1.81 bits per heavy atom. The van der Waals surface area contributed by atoms with E-state index in [1.165, 1.54) is 37.1 Å². The number of nitrogens with two attached hydrogens (primary N) is 1. The lowest BCUT2D eigenvalue weighted by Crippen LogP contribution is -2.43. The molecular weight excluding hydrogens is 612 g/mol. The Bertz CT molecular complexity index is 1680. The van der Waals surface area contributed by atoms with E-state index >= 15 is 0 Å². The number of benzene rings is 1. The van der Waals surface area contributed by atoms with Crippen molar-refractivity contribution in [3.05, 3.63) is 65.1 Å². The van der Waals surface area contributed by atoms with Crippen LogP contribution in [0.25, 0.3) is 17.3 Å². The Morgan fingerprint density at radius 1 is 1.14 bits per heavy atom. The second kappa shape index (κ2) is 12.8. The molecule has 2 N–H and O–H groups in total. The molecule has 0 unspecified atom stereocenters. The van der Waals surface area contributed by atoms with Gasteiger partial charge in [-0.15, -0.1) is 10.2 Å². The molecule has 1 aromatic carbocycles. The van der Waals surface area contributed by atoms with Crippen LogP contribution in [0, 0.1) is 0 Å². The third kappa shape index (κ3) is 6.86. The molecule has 0 aliphatic heterocycles. The van der Waals surface area contributed by atoms with Gasteiger partial charge in [0, 0.05) is 27.2 Å². The molecule has 3 heterocycles. The highest BCUT2D eigenvalue weighted by atomic mass is 35.5. The Hall–Kier alpha value is -3.88. The van der Waals surface area contributed by atoms with Gasteiger partial charge < -0.3 is 19.6 Å². The SMILES string of the molecule is COc1cccc(OC)c1-n1c(-c2ccco2)nnc1N(CC[Si](C)(C)C)S(=O)(=O)[C@H](C)Cc1ncc(Cl)cc1C(N)=O. The van der Waals surface area contributed by atoms with Gasteiger partial charge in [0.05, 0.1) is 42.0 Å². The van der Waals surface area contributed by atoms with E-state index in [-0.39, 0.29) is 41.0 Å². The van der Waals surface area contributed by atoms with Gasteiger partial charge in [-0.3, -0.25) is 14.3 Å². The molecule has 1 atom stereocenters. The van der Waals surface area contributed by atoms with Gasteiger partial charge in [-0.1, -0.05) is 37.3 Å². The molecule has 1 amide bonds. The van der Waals surface area contributed by atoms with Gasteiger partial charge in [0.15, 0.2) is 5.76 Å². The molecule has 0 saturated heterocycles. The number of hydrogen-bond acceptors (Lipinski definition) is 9. The van der Waals surface area contributed by atoms with Crippen LogP contribution in [0.1, 0.15) is 23.0 Å². The molecule has 43 heavy (non-hydrogen) atoms. The number of para-hydroxylation sites is 1. The maximum Gasteiger partial charge on any atom is 0.250 e. The monoisotopic (exact) mass is 646 g/mol. The molecule has 0 bridgehead atoms. The molecule has 230 valence electrons. The van der Waals surface area contributed by atoms with Crippen LogP contribution in [0.3, 0.4) is 0 Å². The summed E-state index contributed by atoms with van der Waals surface area (Å²) in [5.41, 5.74) is 6.24. The number of hydrogen-bond donors (Lipinski definition) is 1. The second-order valence-corrected chi connectivity index (χ2v) is 19.4. The normalized spacial score (nSPS) is 12.6. The van der Waals surface area contributed by atoms with Crippen molar-refractivity contribution in [1.29, 1.82) is 0 Å². The number of sulfonamides is 1. The Morgan fingerprint density at radius 3 is 2.37 bits per heavy atom. The number of anilines is 1. The van der Waals surface area contributed by atoms with Crippen molar-refractivity contribution in [1.82, 2.24) is 19.7 Å². The number of nitrogens with zero attached hydrogens (tertiary/aromatic N) is 5. The average Bonchev–Trinajstić information content (AvgIpc) is 3.63. The largest absolute Gasteiger partial charge is 0.494 e. The van der Waals surface area contributed by atoms with E-state index in [0.717, 1.165) is 0 Å². The number of aromatic nitrogens is 4. The molecule has 15 heteroatoms. The summed E-state index contributed by atoms with van der Waals surface area (Å²) in [6.45, 7) is 8.14. The first-order chi connectivity index (χ1) is 20.3. The van der Waals surface area contributed by atoms with Crippen molar-refractivity contribution in [2.75, 3.05) is 25.1 Å². The van der Waals surface area contributed by atoms with Crippen LogP contribution in [0.2, 0.25) is 30.7 Å². The highest BCUT2D eigenvalue weighted by Crippen LogP contribution is 2.39. The number of halogens is 1. The summed E-state index contributed by atoms with van der Waals surface area (Å²) in [7, 11) is -2.91. The smallest absolute Gasteiger partial charge is 0.250 e. The number of amides is 1. The summed E-state index contributed by atoms with van der Waals surface area (Å²) < 4.78 is 48.8. The van der Waals surface area contributed by atoms with E-state index in [9.17, 15) is 13.2 Å². The van der Waals surface area contributed by atoms with E-state index in [4.69, 9.17) is 31.2 Å². The molecule has 0 aliphatic rings. The van der Waals surface area contributed by atoms with Crippen LogP contribution in [0.4, 0.5) is 5.95 Å². The van der Waals surface area contributed by atoms with Crippen LogP contribution in [-0.2, 0) is 16.4 Å². The molecular formula is C28H35ClN6O6SSi. The minimum atomic E-state index is -4.16. The first kappa shape index (κ1) is 32.0. The zero-order valence-corrected chi connectivity index (χ0v) is 27.4. The summed E-state index contributed by atoms with van der Waals surface area (Å²) in [6.07, 6.45) is 2.74. The van der Waals surface area contributed by atoms with Gasteiger partial charge in [-0.2, -0.15) is 0 Å². The fourth-order valence-electron chi connectivity index (χ4n) is 4.48. The van der Waals surface area contributed by atoms with Gasteiger partial charge in [0.2, 0.25) is 21.8 Å². The zero-order chi connectivity index (χ0) is 31.5. The van der Waals surface area contributed by atoms with Crippen LogP contribution >= 0.6 is 11.6 Å². The number of ether oxygens (including phenoxy) is 2. The van der Waals surface area contributed by atoms with Gasteiger partial charge in [-0.25, -0.2) is 12.7 Å². The Balaban J connectivity index is 1.93. The van der Waals surface area contributed by atoms with Gasteiger partial charge >= 0.3 is 0 Å². The Labute approximate surface area is 256 Å². The topological polar surface area (TPSA) is 156 Å². The van der Waals surface area contributed by atoms with E-state index in [1.54, 1.807) is 41.8 Å². The summed E-state index contributed by atoms with van der Waals surface area (Å²) in [4.78, 5) is 16.4. The third-order valence-electron chi connectivity index (χ3n) is 6.80. The quantitative estimate of drug-likeness (QED) is 0.202. The fourth-order valence-corrected chi connectivity index (χ4v) is 7.19. The highest BCUT2D eigenvalue weighted by molar-refractivity contribution is 7.93. The van der Waals surface area contributed by atoms with Gasteiger partial charge in [-0.05, 0) is 43.3 Å². The molecule has 0 spiro atoms. The number of furan rings is 1. The van der Waals surface area contributed by atoms with Crippen LogP contribution in [-0.4, -0.2) is 68.2 Å². The summed E-state index contributed by atoms with van der Waals surface area (Å²) >= 11 is 6.03. The van der Waals surface area contributed by atoms with Crippen molar-refractivity contribution in [2.24, 2.45) is 5.73 Å². The lowest BCUT2D eigenvalue weighted by Gasteiger charge is -2.30. The van der Waals surface area contributed by atoms with E-state index in [0.29, 0.717) is 29.0 Å². The molecule has 0 fully saturated rings. The minimum Gasteiger partial charge on any atom is -0.494 e. The third-order valence-corrected chi connectivity index (χ3v) is 10.9. The van der Waals surface area contributed by atoms with Crippen molar-refractivity contribution in [2.45, 2.75) is 44.3 Å². The fraction of sp³-hybridized carbons (Fsp3) is 0.357. The van der Waals surface area contributed by atoms with Crippen molar-refractivity contribution in [3.8, 4) is 28.8 Å². The van der Waals surface area contributed by atoms with E-state index in [2.05, 4.69) is 34.8 Å². The van der Waals surface area contributed by atoms with Gasteiger partial charge in [0.25, 0.3) is 5.91 Å². The second-order valence-electron chi connectivity index (χ2n) is 11.1. The molecule has 4 rings (SSSR count). The summed E-state index contributed by atoms with van der Waals surface area (Å²) in [5.74, 6) is 0.688. The Kier molecular flexibility index (Phi) is 9.52. The van der Waals surface area contributed by atoms with Crippen LogP contribution in [0.5, 0.6) is 11.5 Å². The number of pyridine rings is 1. The molecule has 0 saturated carbocycles. The molecule has 3 aromatic heterocycles. The predicted octanol–water partition coefficient (Wildman–Crippen LogP) is 4.80. The standard InChI is InChI=1S/C28H35ClN6O6SSi/c1-18(15-21-20(26(30)36)16-19(29)17-31-21)42(37,38)34(12-14-43(4,5)6)28-33-32-27(24-11-8-13-41-24)35(28)25-22(39-2)9-7-10-23(25)40-3/h7-11,13,16-18H,12,14-15H2,1-6H3,(H2,30,36)/t18-/m1/s1. The lowest BCUT2D eigenvalue weighted by atomic mass is 10.1. The van der Waals surface area contributed by atoms with Gasteiger partial charge in [0.1, 0.15) is 17.2 Å². The number of methoxy groups -OCH3 is 2. The summed E-state index contributed by atoms with van der Waals surface area (Å²) in [5, 5.41) is 7.96. The average molecular weight is 647 g/mol. The van der Waals surface area contributed by atoms with E-state index in [1.807, 2.05) is 0 Å². The maximum atomic E-state index is 14.5. The zero-order valence-electron chi connectivity index (χ0n) is 24.9. The molecule has 0 aliphatic carbocycles. The number of rotatable bonds is 13. The number of primary amides is 1. The minimum absolute atomic E-state index is 0.0264. The number of carbonyl (C=O) groups is 1. The number of carbonyl (C=O) groups excluding carboxylic acids is 1. The van der Waals surface area contributed by atoms with Crippen molar-refractivity contribution < 1.29 is 27.1 Å². The first-order valence-corrected chi connectivity index (χ1v) is 19.0. The maximum absolute atomic E-state index is 14.5. The predicted molar refractivity (Wildman–Crippen MR) is 168 cm³/mol. The van der Waals surface area contributed by atoms with Crippen LogP contribution < -0.4 is 19.5 Å². The lowest BCUT2D eigenvalue weighted by molar-refractivity contribution is 0.0999. The molecule has 0 radical (unpaired) electrons. The highest BCUT2D eigenvalue weighted by Gasteiger charge is 2.37. The van der Waals surface area contributed by atoms with Crippen molar-refractivity contribution >= 4 is 41.6 Å². The molecule has 12 nitrogen and oxygen atoms in total. The first-order valence-electron chi connectivity index (χ1n) is 13.4. The summed E-state index contributed by atoms with van der Waals surface area (Å²) in [6, 6.07) is 10.6. The van der Waals surface area contributed by atoms with Crippen LogP contribution in [0.15, 0.2) is 53.3 Å².